The molecule has 0 unspecified atom stereocenters. The molecule has 0 spiro atoms. The van der Waals surface area contributed by atoms with Crippen LogP contribution in [-0.4, -0.2) is 18.4 Å². The van der Waals surface area contributed by atoms with Crippen LogP contribution in [0.4, 0.5) is 0 Å². The van der Waals surface area contributed by atoms with Crippen LogP contribution in [0.2, 0.25) is 0 Å². The molecule has 2 amide bonds. The number of rotatable bonds is 5. The van der Waals surface area contributed by atoms with E-state index < -0.39 is 5.91 Å². The SMILES string of the molecule is Cc1ccc(/C(=C/OC2CCCCC2)C(=O)NC=O)cc1C. The smallest absolute Gasteiger partial charge is 0.261 e. The first-order valence-corrected chi connectivity index (χ1v) is 7.79. The number of benzene rings is 1. The number of amides is 2. The van der Waals surface area contributed by atoms with Crippen LogP contribution < -0.4 is 5.32 Å². The third-order valence-electron chi connectivity index (χ3n) is 4.18. The molecule has 0 radical (unpaired) electrons. The lowest BCUT2D eigenvalue weighted by Crippen LogP contribution is -2.23. The molecule has 0 aliphatic heterocycles. The molecule has 1 aromatic carbocycles. The number of ether oxygens (including phenoxy) is 1. The van der Waals surface area contributed by atoms with Gasteiger partial charge in [-0.3, -0.25) is 14.9 Å². The highest BCUT2D eigenvalue weighted by Crippen LogP contribution is 2.23. The number of hydrogen-bond donors (Lipinski definition) is 1. The molecule has 1 fully saturated rings. The van der Waals surface area contributed by atoms with Crippen LogP contribution in [0, 0.1) is 13.8 Å². The maximum Gasteiger partial charge on any atom is 0.261 e. The summed E-state index contributed by atoms with van der Waals surface area (Å²) in [6, 6.07) is 5.78. The van der Waals surface area contributed by atoms with Gasteiger partial charge in [0.25, 0.3) is 5.91 Å². The highest BCUT2D eigenvalue weighted by atomic mass is 16.5. The molecule has 2 rings (SSSR count). The van der Waals surface area contributed by atoms with Gasteiger partial charge in [-0.2, -0.15) is 0 Å². The number of nitrogens with one attached hydrogen (secondary N) is 1. The Morgan fingerprint density at radius 1 is 1.18 bits per heavy atom. The van der Waals surface area contributed by atoms with E-state index in [2.05, 4.69) is 5.32 Å². The van der Waals surface area contributed by atoms with Gasteiger partial charge in [-0.05, 0) is 56.2 Å². The van der Waals surface area contributed by atoms with E-state index in [9.17, 15) is 9.59 Å². The first kappa shape index (κ1) is 16.3. The van der Waals surface area contributed by atoms with Gasteiger partial charge in [-0.1, -0.05) is 24.6 Å². The number of carbonyl (C=O) groups is 2. The Balaban J connectivity index is 2.22. The van der Waals surface area contributed by atoms with Crippen LogP contribution in [0.15, 0.2) is 24.5 Å². The summed E-state index contributed by atoms with van der Waals surface area (Å²) >= 11 is 0. The van der Waals surface area contributed by atoms with E-state index in [4.69, 9.17) is 4.74 Å². The van der Waals surface area contributed by atoms with Gasteiger partial charge in [-0.15, -0.1) is 0 Å². The Bertz CT molecular complexity index is 572. The predicted molar refractivity (Wildman–Crippen MR) is 86.1 cm³/mol. The van der Waals surface area contributed by atoms with Gasteiger partial charge in [-0.25, -0.2) is 0 Å². The molecule has 0 aromatic heterocycles. The highest BCUT2D eigenvalue weighted by molar-refractivity contribution is 6.21. The zero-order valence-corrected chi connectivity index (χ0v) is 13.2. The minimum absolute atomic E-state index is 0.166. The third-order valence-corrected chi connectivity index (χ3v) is 4.18. The second-order valence-electron chi connectivity index (χ2n) is 5.82. The third kappa shape index (κ3) is 4.20. The van der Waals surface area contributed by atoms with E-state index in [1.165, 1.54) is 12.7 Å². The van der Waals surface area contributed by atoms with Crippen molar-refractivity contribution < 1.29 is 14.3 Å². The fourth-order valence-electron chi connectivity index (χ4n) is 2.66. The van der Waals surface area contributed by atoms with Crippen molar-refractivity contribution in [2.75, 3.05) is 0 Å². The summed E-state index contributed by atoms with van der Waals surface area (Å²) in [7, 11) is 0. The van der Waals surface area contributed by atoms with Crippen LogP contribution in [-0.2, 0) is 14.3 Å². The van der Waals surface area contributed by atoms with E-state index in [-0.39, 0.29) is 6.10 Å². The number of imide groups is 1. The Hall–Kier alpha value is -2.10. The summed E-state index contributed by atoms with van der Waals surface area (Å²) in [5, 5.41) is 2.20. The van der Waals surface area contributed by atoms with Crippen LogP contribution in [0.1, 0.15) is 48.8 Å². The molecule has 4 heteroatoms. The first-order valence-electron chi connectivity index (χ1n) is 7.79. The Labute approximate surface area is 131 Å². The van der Waals surface area contributed by atoms with Crippen molar-refractivity contribution in [3.05, 3.63) is 41.2 Å². The van der Waals surface area contributed by atoms with Crippen molar-refractivity contribution in [3.63, 3.8) is 0 Å². The second-order valence-corrected chi connectivity index (χ2v) is 5.82. The van der Waals surface area contributed by atoms with Gasteiger partial charge >= 0.3 is 0 Å². The van der Waals surface area contributed by atoms with Crippen LogP contribution in [0.25, 0.3) is 5.57 Å². The lowest BCUT2D eigenvalue weighted by molar-refractivity contribution is -0.121. The Morgan fingerprint density at radius 2 is 1.91 bits per heavy atom. The van der Waals surface area contributed by atoms with Crippen molar-refractivity contribution in [2.24, 2.45) is 0 Å². The summed E-state index contributed by atoms with van der Waals surface area (Å²) in [6.45, 7) is 4.02. The summed E-state index contributed by atoms with van der Waals surface area (Å²) < 4.78 is 5.80. The van der Waals surface area contributed by atoms with Gasteiger partial charge in [0.15, 0.2) is 0 Å². The fourth-order valence-corrected chi connectivity index (χ4v) is 2.66. The molecule has 0 heterocycles. The largest absolute Gasteiger partial charge is 0.497 e. The standard InChI is InChI=1S/C18H23NO3/c1-13-8-9-15(10-14(13)2)17(18(21)19-12-20)11-22-16-6-4-3-5-7-16/h8-12,16H,3-7H2,1-2H3,(H,19,20,21)/b17-11-. The van der Waals surface area contributed by atoms with Gasteiger partial charge < -0.3 is 4.74 Å². The summed E-state index contributed by atoms with van der Waals surface area (Å²) in [4.78, 5) is 22.7. The van der Waals surface area contributed by atoms with Crippen molar-refractivity contribution >= 4 is 17.9 Å². The molecule has 22 heavy (non-hydrogen) atoms. The average Bonchev–Trinajstić information content (AvgIpc) is 2.52. The van der Waals surface area contributed by atoms with Gasteiger partial charge in [0.2, 0.25) is 6.41 Å². The van der Waals surface area contributed by atoms with Gasteiger partial charge in [0, 0.05) is 0 Å². The second kappa shape index (κ2) is 7.78. The molecule has 1 N–H and O–H groups in total. The normalized spacial score (nSPS) is 16.2. The number of hydrogen-bond acceptors (Lipinski definition) is 3. The van der Waals surface area contributed by atoms with E-state index in [1.807, 2.05) is 32.0 Å². The molecule has 118 valence electrons. The predicted octanol–water partition coefficient (Wildman–Crippen LogP) is 3.27. The molecule has 0 bridgehead atoms. The Morgan fingerprint density at radius 3 is 2.55 bits per heavy atom. The molecular weight excluding hydrogens is 278 g/mol. The molecule has 0 saturated heterocycles. The van der Waals surface area contributed by atoms with Crippen LogP contribution >= 0.6 is 0 Å². The van der Waals surface area contributed by atoms with Gasteiger partial charge in [0.1, 0.15) is 0 Å². The molecule has 0 atom stereocenters. The number of carbonyl (C=O) groups excluding carboxylic acids is 2. The quantitative estimate of drug-likeness (QED) is 0.516. The molecule has 1 aromatic rings. The topological polar surface area (TPSA) is 55.4 Å². The van der Waals surface area contributed by atoms with Crippen LogP contribution in [0.5, 0.6) is 0 Å². The first-order chi connectivity index (χ1) is 10.6. The molecule has 4 nitrogen and oxygen atoms in total. The minimum atomic E-state index is -0.436. The van der Waals surface area contributed by atoms with E-state index in [1.54, 1.807) is 0 Å². The van der Waals surface area contributed by atoms with Crippen molar-refractivity contribution in [1.82, 2.24) is 5.32 Å². The Kier molecular flexibility index (Phi) is 5.75. The molecule has 1 aliphatic rings. The zero-order valence-electron chi connectivity index (χ0n) is 13.2. The number of aryl methyl sites for hydroxylation is 2. The lowest BCUT2D eigenvalue weighted by atomic mass is 9.97. The van der Waals surface area contributed by atoms with E-state index in [0.717, 1.165) is 42.4 Å². The molecular formula is C18H23NO3. The summed E-state index contributed by atoms with van der Waals surface area (Å²) in [5.41, 5.74) is 3.41. The maximum absolute atomic E-state index is 12.1. The van der Waals surface area contributed by atoms with Crippen molar-refractivity contribution in [3.8, 4) is 0 Å². The minimum Gasteiger partial charge on any atom is -0.497 e. The zero-order chi connectivity index (χ0) is 15.9. The fraction of sp³-hybridized carbons (Fsp3) is 0.444. The highest BCUT2D eigenvalue weighted by Gasteiger charge is 2.17. The van der Waals surface area contributed by atoms with Crippen molar-refractivity contribution in [2.45, 2.75) is 52.1 Å². The molecule has 1 aliphatic carbocycles. The van der Waals surface area contributed by atoms with Crippen LogP contribution in [0.3, 0.4) is 0 Å². The lowest BCUT2D eigenvalue weighted by Gasteiger charge is -2.21. The monoisotopic (exact) mass is 301 g/mol. The maximum atomic E-state index is 12.1. The summed E-state index contributed by atoms with van der Waals surface area (Å²) in [5.74, 6) is -0.436. The molecule has 1 saturated carbocycles. The summed E-state index contributed by atoms with van der Waals surface area (Å²) in [6.07, 6.45) is 7.70. The van der Waals surface area contributed by atoms with E-state index in [0.29, 0.717) is 12.0 Å². The van der Waals surface area contributed by atoms with Crippen molar-refractivity contribution in [1.29, 1.82) is 0 Å². The van der Waals surface area contributed by atoms with E-state index >= 15 is 0 Å². The van der Waals surface area contributed by atoms with Gasteiger partial charge in [0.05, 0.1) is 17.9 Å². The average molecular weight is 301 g/mol.